The summed E-state index contributed by atoms with van der Waals surface area (Å²) in [6.45, 7) is 1.36. The molecule has 0 amide bonds. The van der Waals surface area contributed by atoms with E-state index in [4.69, 9.17) is 9.84 Å². The zero-order valence-electron chi connectivity index (χ0n) is 6.82. The topological polar surface area (TPSA) is 46.5 Å². The summed E-state index contributed by atoms with van der Waals surface area (Å²) in [5.41, 5.74) is 1.20. The van der Waals surface area contributed by atoms with Crippen LogP contribution in [0.25, 0.3) is 0 Å². The summed E-state index contributed by atoms with van der Waals surface area (Å²) in [5, 5.41) is 8.88. The molecule has 2 rings (SSSR count). The van der Waals surface area contributed by atoms with Gasteiger partial charge in [0.1, 0.15) is 0 Å². The molecule has 12 heavy (non-hydrogen) atoms. The van der Waals surface area contributed by atoms with E-state index in [0.717, 1.165) is 6.42 Å². The Balaban J connectivity index is 2.11. The van der Waals surface area contributed by atoms with Gasteiger partial charge in [-0.05, 0) is 24.3 Å². The van der Waals surface area contributed by atoms with Gasteiger partial charge in [0, 0.05) is 6.61 Å². The number of carboxylic acids is 1. The Morgan fingerprint density at radius 2 is 2.50 bits per heavy atom. The molecule has 2 unspecified atom stereocenters. The summed E-state index contributed by atoms with van der Waals surface area (Å²) < 4.78 is 5.25. The van der Waals surface area contributed by atoms with E-state index >= 15 is 0 Å². The van der Waals surface area contributed by atoms with Crippen molar-refractivity contribution < 1.29 is 14.6 Å². The standard InChI is InChI=1S/C9H12O3/c10-9(11)8-2-1-6-5-12-4-3-7(6)8/h1,7-8H,2-5H2,(H,10,11). The second-order valence-electron chi connectivity index (χ2n) is 3.41. The molecule has 0 aromatic rings. The Hall–Kier alpha value is -0.830. The van der Waals surface area contributed by atoms with E-state index in [0.29, 0.717) is 19.6 Å². The van der Waals surface area contributed by atoms with Crippen molar-refractivity contribution >= 4 is 5.97 Å². The van der Waals surface area contributed by atoms with Crippen LogP contribution in [0.5, 0.6) is 0 Å². The summed E-state index contributed by atoms with van der Waals surface area (Å²) in [7, 11) is 0. The lowest BCUT2D eigenvalue weighted by atomic mass is 9.87. The number of carbonyl (C=O) groups is 1. The molecule has 1 fully saturated rings. The molecule has 1 aliphatic heterocycles. The molecule has 1 N–H and O–H groups in total. The molecule has 0 saturated carbocycles. The summed E-state index contributed by atoms with van der Waals surface area (Å²) in [5.74, 6) is -0.576. The number of hydrogen-bond acceptors (Lipinski definition) is 2. The second kappa shape index (κ2) is 2.90. The highest BCUT2D eigenvalue weighted by Gasteiger charge is 2.36. The van der Waals surface area contributed by atoms with Gasteiger partial charge in [0.2, 0.25) is 0 Å². The van der Waals surface area contributed by atoms with Gasteiger partial charge in [-0.2, -0.15) is 0 Å². The smallest absolute Gasteiger partial charge is 0.307 e. The molecule has 2 aliphatic rings. The quantitative estimate of drug-likeness (QED) is 0.595. The van der Waals surface area contributed by atoms with Crippen LogP contribution < -0.4 is 0 Å². The first kappa shape index (κ1) is 7.80. The highest BCUT2D eigenvalue weighted by Crippen LogP contribution is 2.36. The van der Waals surface area contributed by atoms with Gasteiger partial charge in [-0.3, -0.25) is 4.79 Å². The molecule has 1 saturated heterocycles. The minimum absolute atomic E-state index is 0.177. The lowest BCUT2D eigenvalue weighted by Gasteiger charge is -2.24. The Bertz CT molecular complexity index is 232. The highest BCUT2D eigenvalue weighted by molar-refractivity contribution is 5.72. The maximum Gasteiger partial charge on any atom is 0.307 e. The van der Waals surface area contributed by atoms with E-state index in [-0.39, 0.29) is 11.8 Å². The van der Waals surface area contributed by atoms with Crippen LogP contribution in [-0.2, 0) is 9.53 Å². The van der Waals surface area contributed by atoms with Gasteiger partial charge in [0.25, 0.3) is 0 Å². The number of allylic oxidation sites excluding steroid dienone is 1. The number of aliphatic carboxylic acids is 1. The van der Waals surface area contributed by atoms with Gasteiger partial charge in [0.05, 0.1) is 12.5 Å². The Morgan fingerprint density at radius 3 is 3.25 bits per heavy atom. The molecule has 0 aromatic carbocycles. The molecule has 1 aliphatic carbocycles. The molecule has 3 heteroatoms. The van der Waals surface area contributed by atoms with Crippen LogP contribution in [0.1, 0.15) is 12.8 Å². The summed E-state index contributed by atoms with van der Waals surface area (Å²) >= 11 is 0. The third-order valence-electron chi connectivity index (χ3n) is 2.76. The van der Waals surface area contributed by atoms with Crippen molar-refractivity contribution in [3.63, 3.8) is 0 Å². The normalized spacial score (nSPS) is 34.2. The van der Waals surface area contributed by atoms with Gasteiger partial charge < -0.3 is 9.84 Å². The number of carboxylic acid groups (broad SMARTS) is 1. The fraction of sp³-hybridized carbons (Fsp3) is 0.667. The van der Waals surface area contributed by atoms with Crippen LogP contribution in [0.2, 0.25) is 0 Å². The zero-order valence-corrected chi connectivity index (χ0v) is 6.82. The summed E-state index contributed by atoms with van der Waals surface area (Å²) in [6, 6.07) is 0. The average molecular weight is 168 g/mol. The van der Waals surface area contributed by atoms with Gasteiger partial charge >= 0.3 is 5.97 Å². The van der Waals surface area contributed by atoms with Crippen molar-refractivity contribution in [3.05, 3.63) is 11.6 Å². The monoisotopic (exact) mass is 168 g/mol. The van der Waals surface area contributed by atoms with Crippen LogP contribution in [0.15, 0.2) is 11.6 Å². The molecular weight excluding hydrogens is 156 g/mol. The fourth-order valence-corrected chi connectivity index (χ4v) is 2.08. The van der Waals surface area contributed by atoms with Crippen molar-refractivity contribution in [2.24, 2.45) is 11.8 Å². The van der Waals surface area contributed by atoms with Crippen molar-refractivity contribution in [2.45, 2.75) is 12.8 Å². The third kappa shape index (κ3) is 1.14. The van der Waals surface area contributed by atoms with Crippen LogP contribution in [0.4, 0.5) is 0 Å². The highest BCUT2D eigenvalue weighted by atomic mass is 16.5. The van der Waals surface area contributed by atoms with Crippen molar-refractivity contribution in [1.82, 2.24) is 0 Å². The minimum Gasteiger partial charge on any atom is -0.481 e. The van der Waals surface area contributed by atoms with E-state index in [1.165, 1.54) is 5.57 Å². The predicted octanol–water partition coefficient (Wildman–Crippen LogP) is 1.05. The largest absolute Gasteiger partial charge is 0.481 e. The van der Waals surface area contributed by atoms with Crippen LogP contribution in [0, 0.1) is 11.8 Å². The Morgan fingerprint density at radius 1 is 1.67 bits per heavy atom. The van der Waals surface area contributed by atoms with Crippen molar-refractivity contribution in [3.8, 4) is 0 Å². The molecule has 0 bridgehead atoms. The van der Waals surface area contributed by atoms with E-state index in [9.17, 15) is 4.79 Å². The number of ether oxygens (including phenoxy) is 1. The Labute approximate surface area is 71.0 Å². The van der Waals surface area contributed by atoms with E-state index < -0.39 is 5.97 Å². The summed E-state index contributed by atoms with van der Waals surface area (Å²) in [6.07, 6.45) is 3.60. The lowest BCUT2D eigenvalue weighted by Crippen LogP contribution is -2.26. The number of fused-ring (bicyclic) bond motifs is 1. The first-order chi connectivity index (χ1) is 5.79. The molecule has 0 spiro atoms. The molecule has 1 heterocycles. The van der Waals surface area contributed by atoms with Gasteiger partial charge in [-0.25, -0.2) is 0 Å². The third-order valence-corrected chi connectivity index (χ3v) is 2.76. The molecule has 0 aromatic heterocycles. The molecule has 2 atom stereocenters. The summed E-state index contributed by atoms with van der Waals surface area (Å²) in [4.78, 5) is 10.8. The van der Waals surface area contributed by atoms with Crippen LogP contribution in [0.3, 0.4) is 0 Å². The van der Waals surface area contributed by atoms with E-state index in [1.54, 1.807) is 0 Å². The van der Waals surface area contributed by atoms with Crippen LogP contribution in [-0.4, -0.2) is 24.3 Å². The minimum atomic E-state index is -0.659. The average Bonchev–Trinajstić information content (AvgIpc) is 2.47. The molecule has 3 nitrogen and oxygen atoms in total. The zero-order chi connectivity index (χ0) is 8.55. The van der Waals surface area contributed by atoms with Gasteiger partial charge in [-0.1, -0.05) is 6.08 Å². The fourth-order valence-electron chi connectivity index (χ4n) is 2.08. The second-order valence-corrected chi connectivity index (χ2v) is 3.41. The van der Waals surface area contributed by atoms with Gasteiger partial charge in [-0.15, -0.1) is 0 Å². The van der Waals surface area contributed by atoms with Crippen molar-refractivity contribution in [2.75, 3.05) is 13.2 Å². The SMILES string of the molecule is O=C(O)C1CC=C2COCCC21. The maximum atomic E-state index is 10.8. The number of hydrogen-bond donors (Lipinski definition) is 1. The van der Waals surface area contributed by atoms with Crippen molar-refractivity contribution in [1.29, 1.82) is 0 Å². The van der Waals surface area contributed by atoms with Crippen LogP contribution >= 0.6 is 0 Å². The van der Waals surface area contributed by atoms with Gasteiger partial charge in [0.15, 0.2) is 0 Å². The molecular formula is C9H12O3. The first-order valence-corrected chi connectivity index (χ1v) is 4.28. The molecule has 0 radical (unpaired) electrons. The maximum absolute atomic E-state index is 10.8. The molecule has 66 valence electrons. The first-order valence-electron chi connectivity index (χ1n) is 4.28. The van der Waals surface area contributed by atoms with E-state index in [1.807, 2.05) is 6.08 Å². The van der Waals surface area contributed by atoms with E-state index in [2.05, 4.69) is 0 Å². The lowest BCUT2D eigenvalue weighted by molar-refractivity contribution is -0.143. The Kier molecular flexibility index (Phi) is 1.89. The number of rotatable bonds is 1. The predicted molar refractivity (Wildman–Crippen MR) is 42.8 cm³/mol.